The van der Waals surface area contributed by atoms with Gasteiger partial charge in [-0.25, -0.2) is 0 Å². The highest BCUT2D eigenvalue weighted by molar-refractivity contribution is 5.55. The van der Waals surface area contributed by atoms with Crippen LogP contribution in [0.4, 0.5) is 5.69 Å². The molecule has 0 fully saturated rings. The number of aryl methyl sites for hydroxylation is 1. The average Bonchev–Trinajstić information content (AvgIpc) is 2.52. The van der Waals surface area contributed by atoms with Gasteiger partial charge in [0.1, 0.15) is 0 Å². The zero-order valence-electron chi connectivity index (χ0n) is 13.3. The molecule has 0 saturated heterocycles. The molecule has 118 valence electrons. The third-order valence-electron chi connectivity index (χ3n) is 4.37. The Hall–Kier alpha value is -1.10. The molecule has 0 aliphatic carbocycles. The molecule has 0 unspecified atom stereocenters. The number of fused-ring (bicyclic) bond motifs is 1. The number of hydrogen-bond acceptors (Lipinski definition) is 4. The number of nitrogens with zero attached hydrogens (tertiary/aromatic N) is 2. The molecule has 1 aromatic rings. The van der Waals surface area contributed by atoms with Gasteiger partial charge in [-0.15, -0.1) is 0 Å². The van der Waals surface area contributed by atoms with Crippen LogP contribution in [0.1, 0.15) is 18.9 Å². The zero-order valence-corrected chi connectivity index (χ0v) is 13.3. The van der Waals surface area contributed by atoms with Crippen molar-refractivity contribution in [3.05, 3.63) is 29.8 Å². The molecular formula is C17H28N2O2. The lowest BCUT2D eigenvalue weighted by Crippen LogP contribution is -2.42. The van der Waals surface area contributed by atoms with E-state index in [4.69, 9.17) is 0 Å². The number of para-hydroxylation sites is 1. The van der Waals surface area contributed by atoms with Crippen molar-refractivity contribution in [2.75, 3.05) is 51.3 Å². The number of benzene rings is 1. The van der Waals surface area contributed by atoms with Crippen LogP contribution < -0.4 is 4.90 Å². The van der Waals surface area contributed by atoms with Crippen molar-refractivity contribution in [2.24, 2.45) is 5.41 Å². The fourth-order valence-electron chi connectivity index (χ4n) is 3.02. The molecule has 21 heavy (non-hydrogen) atoms. The van der Waals surface area contributed by atoms with Crippen LogP contribution in [0.2, 0.25) is 0 Å². The lowest BCUT2D eigenvalue weighted by molar-refractivity contribution is 0.0426. The molecule has 0 bridgehead atoms. The van der Waals surface area contributed by atoms with E-state index < -0.39 is 5.41 Å². The molecule has 2 N–H and O–H groups in total. The van der Waals surface area contributed by atoms with Gasteiger partial charge in [0.05, 0.1) is 13.2 Å². The van der Waals surface area contributed by atoms with E-state index in [0.29, 0.717) is 6.54 Å². The molecule has 4 nitrogen and oxygen atoms in total. The van der Waals surface area contributed by atoms with E-state index in [2.05, 4.69) is 41.1 Å². The molecule has 1 aliphatic rings. The number of rotatable bonds is 7. The van der Waals surface area contributed by atoms with Gasteiger partial charge < -0.3 is 20.0 Å². The number of aliphatic hydroxyl groups excluding tert-OH is 2. The maximum absolute atomic E-state index is 9.38. The standard InChI is InChI=1S/C17H28N2O2/c1-17(13-20,14-21)12-18(2)10-11-19-9-5-7-15-6-3-4-8-16(15)19/h3-4,6,8,20-21H,5,7,9-14H2,1-2H3. The van der Waals surface area contributed by atoms with E-state index in [9.17, 15) is 10.2 Å². The summed E-state index contributed by atoms with van der Waals surface area (Å²) in [5, 5.41) is 18.8. The molecular weight excluding hydrogens is 264 g/mol. The molecule has 1 aromatic carbocycles. The molecule has 2 rings (SSSR count). The molecule has 1 heterocycles. The van der Waals surface area contributed by atoms with Crippen LogP contribution >= 0.6 is 0 Å². The Labute approximate surface area is 128 Å². The maximum atomic E-state index is 9.38. The molecule has 1 aliphatic heterocycles. The lowest BCUT2D eigenvalue weighted by atomic mass is 9.92. The van der Waals surface area contributed by atoms with Gasteiger partial charge in [-0.1, -0.05) is 25.1 Å². The average molecular weight is 292 g/mol. The van der Waals surface area contributed by atoms with E-state index in [1.54, 1.807) is 0 Å². The molecule has 0 atom stereocenters. The Morgan fingerprint density at radius 1 is 1.24 bits per heavy atom. The summed E-state index contributed by atoms with van der Waals surface area (Å²) in [6.45, 7) is 5.68. The van der Waals surface area contributed by atoms with Crippen LogP contribution in [-0.2, 0) is 6.42 Å². The Balaban J connectivity index is 1.89. The molecule has 0 aromatic heterocycles. The summed E-state index contributed by atoms with van der Waals surface area (Å²) >= 11 is 0. The van der Waals surface area contributed by atoms with Crippen molar-refractivity contribution < 1.29 is 10.2 Å². The maximum Gasteiger partial charge on any atom is 0.0519 e. The largest absolute Gasteiger partial charge is 0.396 e. The van der Waals surface area contributed by atoms with Crippen molar-refractivity contribution >= 4 is 5.69 Å². The topological polar surface area (TPSA) is 46.9 Å². The van der Waals surface area contributed by atoms with Crippen LogP contribution in [0.3, 0.4) is 0 Å². The van der Waals surface area contributed by atoms with Crippen LogP contribution in [0.15, 0.2) is 24.3 Å². The summed E-state index contributed by atoms with van der Waals surface area (Å²) in [4.78, 5) is 4.65. The second kappa shape index (κ2) is 7.25. The van der Waals surface area contributed by atoms with Crippen molar-refractivity contribution in [2.45, 2.75) is 19.8 Å². The predicted octanol–water partition coefficient (Wildman–Crippen LogP) is 1.36. The fraction of sp³-hybridized carbons (Fsp3) is 0.647. The highest BCUT2D eigenvalue weighted by Gasteiger charge is 2.24. The third-order valence-corrected chi connectivity index (χ3v) is 4.37. The first-order chi connectivity index (χ1) is 10.1. The summed E-state index contributed by atoms with van der Waals surface area (Å²) in [7, 11) is 2.05. The normalized spacial score (nSPS) is 15.4. The predicted molar refractivity (Wildman–Crippen MR) is 86.8 cm³/mol. The van der Waals surface area contributed by atoms with Crippen LogP contribution in [0, 0.1) is 5.41 Å². The lowest BCUT2D eigenvalue weighted by Gasteiger charge is -2.35. The van der Waals surface area contributed by atoms with Gasteiger partial charge in [0.2, 0.25) is 0 Å². The third kappa shape index (κ3) is 4.19. The Morgan fingerprint density at radius 2 is 1.95 bits per heavy atom. The summed E-state index contributed by atoms with van der Waals surface area (Å²) in [6.07, 6.45) is 2.39. The zero-order chi connectivity index (χ0) is 15.3. The minimum Gasteiger partial charge on any atom is -0.396 e. The summed E-state index contributed by atoms with van der Waals surface area (Å²) in [6, 6.07) is 8.65. The number of anilines is 1. The number of aliphatic hydroxyl groups is 2. The van der Waals surface area contributed by atoms with E-state index in [0.717, 1.165) is 19.6 Å². The first-order valence-corrected chi connectivity index (χ1v) is 7.81. The van der Waals surface area contributed by atoms with Crippen LogP contribution in [0.25, 0.3) is 0 Å². The SMILES string of the molecule is CN(CCN1CCCc2ccccc21)CC(C)(CO)CO. The second-order valence-corrected chi connectivity index (χ2v) is 6.58. The van der Waals surface area contributed by atoms with Gasteiger partial charge in [-0.2, -0.15) is 0 Å². The minimum atomic E-state index is -0.422. The van der Waals surface area contributed by atoms with Gasteiger partial charge >= 0.3 is 0 Å². The van der Waals surface area contributed by atoms with Crippen molar-refractivity contribution in [3.63, 3.8) is 0 Å². The Kier molecular flexibility index (Phi) is 5.62. The van der Waals surface area contributed by atoms with Gasteiger partial charge in [0.25, 0.3) is 0 Å². The highest BCUT2D eigenvalue weighted by atomic mass is 16.3. The van der Waals surface area contributed by atoms with E-state index in [-0.39, 0.29) is 13.2 Å². The van der Waals surface area contributed by atoms with Crippen molar-refractivity contribution in [3.8, 4) is 0 Å². The van der Waals surface area contributed by atoms with Gasteiger partial charge in [-0.3, -0.25) is 0 Å². The summed E-state index contributed by atoms with van der Waals surface area (Å²) < 4.78 is 0. The molecule has 0 spiro atoms. The molecule has 0 radical (unpaired) electrons. The van der Waals surface area contributed by atoms with Crippen molar-refractivity contribution in [1.29, 1.82) is 0 Å². The molecule has 0 saturated carbocycles. The molecule has 4 heteroatoms. The van der Waals surface area contributed by atoms with Crippen LogP contribution in [-0.4, -0.2) is 61.6 Å². The van der Waals surface area contributed by atoms with E-state index in [1.165, 1.54) is 24.1 Å². The fourth-order valence-corrected chi connectivity index (χ4v) is 3.02. The summed E-state index contributed by atoms with van der Waals surface area (Å²) in [5.41, 5.74) is 2.39. The van der Waals surface area contributed by atoms with E-state index in [1.807, 2.05) is 6.92 Å². The first-order valence-electron chi connectivity index (χ1n) is 7.81. The Morgan fingerprint density at radius 3 is 2.67 bits per heavy atom. The number of likely N-dealkylation sites (N-methyl/N-ethyl adjacent to an activating group) is 1. The van der Waals surface area contributed by atoms with Gasteiger partial charge in [-0.05, 0) is 31.5 Å². The van der Waals surface area contributed by atoms with E-state index >= 15 is 0 Å². The first kappa shape index (κ1) is 16.3. The monoisotopic (exact) mass is 292 g/mol. The van der Waals surface area contributed by atoms with Gasteiger partial charge in [0, 0.05) is 37.3 Å². The van der Waals surface area contributed by atoms with Crippen LogP contribution in [0.5, 0.6) is 0 Å². The minimum absolute atomic E-state index is 0.0143. The summed E-state index contributed by atoms with van der Waals surface area (Å²) in [5.74, 6) is 0. The molecule has 0 amide bonds. The quantitative estimate of drug-likeness (QED) is 0.797. The van der Waals surface area contributed by atoms with Gasteiger partial charge in [0.15, 0.2) is 0 Å². The number of hydrogen-bond donors (Lipinski definition) is 2. The highest BCUT2D eigenvalue weighted by Crippen LogP contribution is 2.26. The smallest absolute Gasteiger partial charge is 0.0519 e. The second-order valence-electron chi connectivity index (χ2n) is 6.58. The Bertz CT molecular complexity index is 446. The van der Waals surface area contributed by atoms with Crippen molar-refractivity contribution in [1.82, 2.24) is 4.90 Å².